The highest BCUT2D eigenvalue weighted by Crippen LogP contribution is 2.35. The molecule has 0 N–H and O–H groups in total. The topological polar surface area (TPSA) is 68.1 Å². The zero-order valence-electron chi connectivity index (χ0n) is 16.6. The summed E-state index contributed by atoms with van der Waals surface area (Å²) in [4.78, 5) is 32.2. The molecule has 5 rings (SSSR count). The van der Waals surface area contributed by atoms with E-state index >= 15 is 0 Å². The average Bonchev–Trinajstić information content (AvgIpc) is 3.19. The van der Waals surface area contributed by atoms with Crippen molar-refractivity contribution in [1.29, 1.82) is 0 Å². The standard InChI is InChI=1S/C23H17ClN4O2/c1-12-4-7-17(10-13(12)2)27-22(29)18-11-25-21-19(20(18)23(27)30)14(3)26-28(21)16-8-5-15(24)6-9-16/h4-11H,1-3H3. The number of amides is 2. The minimum Gasteiger partial charge on any atom is -0.268 e. The first kappa shape index (κ1) is 18.5. The van der Waals surface area contributed by atoms with Crippen molar-refractivity contribution in [3.63, 3.8) is 0 Å². The van der Waals surface area contributed by atoms with Crippen LogP contribution in [0.3, 0.4) is 0 Å². The van der Waals surface area contributed by atoms with E-state index in [0.717, 1.165) is 16.8 Å². The fourth-order valence-electron chi connectivity index (χ4n) is 3.82. The van der Waals surface area contributed by atoms with Crippen molar-refractivity contribution in [2.45, 2.75) is 20.8 Å². The van der Waals surface area contributed by atoms with Crippen LogP contribution in [0.2, 0.25) is 5.02 Å². The smallest absolute Gasteiger partial charge is 0.267 e. The van der Waals surface area contributed by atoms with Crippen molar-refractivity contribution in [3.05, 3.63) is 81.6 Å². The van der Waals surface area contributed by atoms with Crippen molar-refractivity contribution in [2.75, 3.05) is 4.90 Å². The molecule has 6 nitrogen and oxygen atoms in total. The summed E-state index contributed by atoms with van der Waals surface area (Å²) in [6.45, 7) is 5.76. The number of nitrogens with zero attached hydrogens (tertiary/aromatic N) is 4. The van der Waals surface area contributed by atoms with Crippen LogP contribution in [0.15, 0.2) is 48.7 Å². The fourth-order valence-corrected chi connectivity index (χ4v) is 3.95. The molecular weight excluding hydrogens is 400 g/mol. The lowest BCUT2D eigenvalue weighted by molar-refractivity contribution is 0.0926. The molecule has 0 bridgehead atoms. The molecule has 1 aliphatic heterocycles. The summed E-state index contributed by atoms with van der Waals surface area (Å²) in [5.74, 6) is -0.726. The normalized spacial score (nSPS) is 13.4. The lowest BCUT2D eigenvalue weighted by atomic mass is 10.1. The summed E-state index contributed by atoms with van der Waals surface area (Å²) in [6, 6.07) is 12.7. The summed E-state index contributed by atoms with van der Waals surface area (Å²) >= 11 is 6.00. The molecule has 2 aromatic carbocycles. The number of pyridine rings is 1. The van der Waals surface area contributed by atoms with Gasteiger partial charge >= 0.3 is 0 Å². The molecule has 0 unspecified atom stereocenters. The van der Waals surface area contributed by atoms with Crippen LogP contribution in [0, 0.1) is 20.8 Å². The van der Waals surface area contributed by atoms with Crippen LogP contribution < -0.4 is 4.90 Å². The molecular formula is C23H17ClN4O2. The lowest BCUT2D eigenvalue weighted by Gasteiger charge is -2.15. The van der Waals surface area contributed by atoms with Gasteiger partial charge in [0.1, 0.15) is 0 Å². The van der Waals surface area contributed by atoms with E-state index in [2.05, 4.69) is 10.1 Å². The number of rotatable bonds is 2. The minimum atomic E-state index is -0.369. The van der Waals surface area contributed by atoms with E-state index in [9.17, 15) is 9.59 Å². The molecule has 148 valence electrons. The van der Waals surface area contributed by atoms with E-state index in [1.807, 2.05) is 45.0 Å². The van der Waals surface area contributed by atoms with Gasteiger partial charge in [0.25, 0.3) is 11.8 Å². The van der Waals surface area contributed by atoms with E-state index in [1.165, 1.54) is 11.1 Å². The molecule has 2 amide bonds. The maximum Gasteiger partial charge on any atom is 0.267 e. The maximum absolute atomic E-state index is 13.4. The highest BCUT2D eigenvalue weighted by molar-refractivity contribution is 6.37. The fraction of sp³-hybridized carbons (Fsp3) is 0.130. The highest BCUT2D eigenvalue weighted by atomic mass is 35.5. The molecule has 4 aromatic rings. The summed E-state index contributed by atoms with van der Waals surface area (Å²) in [7, 11) is 0. The van der Waals surface area contributed by atoms with Gasteiger partial charge < -0.3 is 0 Å². The Morgan fingerprint density at radius 3 is 2.27 bits per heavy atom. The molecule has 0 radical (unpaired) electrons. The first-order valence-electron chi connectivity index (χ1n) is 9.47. The summed E-state index contributed by atoms with van der Waals surface area (Å²) in [5, 5.41) is 5.79. The number of halogens is 1. The third-order valence-electron chi connectivity index (χ3n) is 5.54. The van der Waals surface area contributed by atoms with Gasteiger partial charge in [-0.1, -0.05) is 17.7 Å². The molecule has 0 spiro atoms. The molecule has 0 saturated heterocycles. The molecule has 1 aliphatic rings. The van der Waals surface area contributed by atoms with E-state index in [1.54, 1.807) is 22.9 Å². The number of fused-ring (bicyclic) bond motifs is 3. The van der Waals surface area contributed by atoms with Crippen molar-refractivity contribution in [2.24, 2.45) is 0 Å². The van der Waals surface area contributed by atoms with E-state index in [-0.39, 0.29) is 11.8 Å². The molecule has 0 atom stereocenters. The second kappa shape index (κ2) is 6.50. The van der Waals surface area contributed by atoms with Crippen LogP contribution in [0.5, 0.6) is 0 Å². The van der Waals surface area contributed by atoms with Gasteiger partial charge in [-0.2, -0.15) is 5.10 Å². The maximum atomic E-state index is 13.4. The largest absolute Gasteiger partial charge is 0.268 e. The molecule has 0 saturated carbocycles. The zero-order valence-corrected chi connectivity index (χ0v) is 17.4. The molecule has 0 aliphatic carbocycles. The number of aromatic nitrogens is 3. The van der Waals surface area contributed by atoms with Gasteiger partial charge in [-0.25, -0.2) is 14.6 Å². The first-order chi connectivity index (χ1) is 14.4. The molecule has 0 fully saturated rings. The predicted octanol–water partition coefficient (Wildman–Crippen LogP) is 4.80. The third kappa shape index (κ3) is 2.57. The van der Waals surface area contributed by atoms with Gasteiger partial charge in [-0.3, -0.25) is 9.59 Å². The average molecular weight is 417 g/mol. The number of carbonyl (C=O) groups is 2. The summed E-state index contributed by atoms with van der Waals surface area (Å²) < 4.78 is 1.66. The first-order valence-corrected chi connectivity index (χ1v) is 9.85. The Morgan fingerprint density at radius 2 is 1.57 bits per heavy atom. The Kier molecular flexibility index (Phi) is 4.01. The molecule has 2 aromatic heterocycles. The van der Waals surface area contributed by atoms with Crippen LogP contribution in [0.1, 0.15) is 37.5 Å². The van der Waals surface area contributed by atoms with Crippen LogP contribution in [0.25, 0.3) is 16.7 Å². The Bertz CT molecular complexity index is 1370. The van der Waals surface area contributed by atoms with Gasteiger partial charge in [0.2, 0.25) is 0 Å². The zero-order chi connectivity index (χ0) is 21.2. The van der Waals surface area contributed by atoms with Gasteiger partial charge in [0.05, 0.1) is 33.6 Å². The van der Waals surface area contributed by atoms with Gasteiger partial charge in [-0.15, -0.1) is 0 Å². The Balaban J connectivity index is 1.70. The van der Waals surface area contributed by atoms with Crippen LogP contribution >= 0.6 is 11.6 Å². The number of imide groups is 1. The predicted molar refractivity (Wildman–Crippen MR) is 116 cm³/mol. The SMILES string of the molecule is Cc1ccc(N2C(=O)c3cnc4c(c(C)nn4-c4ccc(Cl)cc4)c3C2=O)cc1C. The van der Waals surface area contributed by atoms with Gasteiger partial charge in [0, 0.05) is 11.2 Å². The second-order valence-electron chi connectivity index (χ2n) is 7.43. The second-order valence-corrected chi connectivity index (χ2v) is 7.87. The highest BCUT2D eigenvalue weighted by Gasteiger charge is 2.40. The monoisotopic (exact) mass is 416 g/mol. The number of anilines is 1. The van der Waals surface area contributed by atoms with Crippen molar-refractivity contribution < 1.29 is 9.59 Å². The summed E-state index contributed by atoms with van der Waals surface area (Å²) in [5.41, 5.74) is 5.24. The number of carbonyl (C=O) groups excluding carboxylic acids is 2. The van der Waals surface area contributed by atoms with Gasteiger partial charge in [-0.05, 0) is 68.3 Å². The van der Waals surface area contributed by atoms with Crippen LogP contribution in [0.4, 0.5) is 5.69 Å². The number of hydrogen-bond acceptors (Lipinski definition) is 4. The number of aryl methyl sites for hydroxylation is 3. The molecule has 7 heteroatoms. The van der Waals surface area contributed by atoms with Crippen LogP contribution in [-0.2, 0) is 0 Å². The molecule has 3 heterocycles. The Labute approximate surface area is 177 Å². The summed E-state index contributed by atoms with van der Waals surface area (Å²) in [6.07, 6.45) is 1.46. The lowest BCUT2D eigenvalue weighted by Crippen LogP contribution is -2.29. The quantitative estimate of drug-likeness (QED) is 0.440. The van der Waals surface area contributed by atoms with Crippen molar-refractivity contribution in [3.8, 4) is 5.69 Å². The Morgan fingerprint density at radius 1 is 0.867 bits per heavy atom. The van der Waals surface area contributed by atoms with E-state index in [4.69, 9.17) is 11.6 Å². The Hall–Kier alpha value is -3.51. The van der Waals surface area contributed by atoms with E-state index < -0.39 is 0 Å². The molecule has 30 heavy (non-hydrogen) atoms. The van der Waals surface area contributed by atoms with E-state index in [0.29, 0.717) is 38.6 Å². The van der Waals surface area contributed by atoms with Gasteiger partial charge in [0.15, 0.2) is 5.65 Å². The van der Waals surface area contributed by atoms with Crippen molar-refractivity contribution >= 4 is 40.1 Å². The number of hydrogen-bond donors (Lipinski definition) is 0. The van der Waals surface area contributed by atoms with Crippen molar-refractivity contribution in [1.82, 2.24) is 14.8 Å². The van der Waals surface area contributed by atoms with Crippen LogP contribution in [-0.4, -0.2) is 26.6 Å². The third-order valence-corrected chi connectivity index (χ3v) is 5.79. The minimum absolute atomic E-state index is 0.296. The number of benzene rings is 2.